The minimum absolute atomic E-state index is 0.283. The van der Waals surface area contributed by atoms with E-state index < -0.39 is 0 Å². The highest BCUT2D eigenvalue weighted by molar-refractivity contribution is 6.30. The molecule has 0 aliphatic rings. The van der Waals surface area contributed by atoms with E-state index in [9.17, 15) is 4.39 Å². The Hall–Kier alpha value is -2.26. The van der Waals surface area contributed by atoms with Gasteiger partial charge in [-0.25, -0.2) is 4.39 Å². The molecule has 2 aromatic carbocycles. The van der Waals surface area contributed by atoms with Gasteiger partial charge in [0.05, 0.1) is 12.0 Å². The Kier molecular flexibility index (Phi) is 3.93. The third kappa shape index (κ3) is 3.09. The van der Waals surface area contributed by atoms with Gasteiger partial charge in [0.25, 0.3) is 0 Å². The average Bonchev–Trinajstić information content (AvgIpc) is 3.03. The SMILES string of the molecule is Fc1ccc(Cl)cc1NC(c1ccccc1)c1ccco1. The number of halogens is 2. The van der Waals surface area contributed by atoms with Crippen molar-refractivity contribution in [3.8, 4) is 0 Å². The van der Waals surface area contributed by atoms with Gasteiger partial charge in [0.15, 0.2) is 0 Å². The van der Waals surface area contributed by atoms with Gasteiger partial charge in [0.1, 0.15) is 17.6 Å². The zero-order chi connectivity index (χ0) is 14.7. The number of rotatable bonds is 4. The van der Waals surface area contributed by atoms with Gasteiger partial charge in [-0.2, -0.15) is 0 Å². The maximum absolute atomic E-state index is 13.9. The van der Waals surface area contributed by atoms with Gasteiger partial charge in [-0.1, -0.05) is 41.9 Å². The summed E-state index contributed by atoms with van der Waals surface area (Å²) in [6.45, 7) is 0. The molecule has 106 valence electrons. The first kappa shape index (κ1) is 13.7. The molecule has 21 heavy (non-hydrogen) atoms. The van der Waals surface area contributed by atoms with Gasteiger partial charge in [-0.15, -0.1) is 0 Å². The molecule has 1 N–H and O–H groups in total. The number of hydrogen-bond donors (Lipinski definition) is 1. The Bertz CT molecular complexity index is 713. The second-order valence-corrected chi connectivity index (χ2v) is 5.06. The molecule has 0 saturated heterocycles. The molecule has 3 rings (SSSR count). The molecule has 3 aromatic rings. The fourth-order valence-corrected chi connectivity index (χ4v) is 2.36. The molecule has 0 saturated carbocycles. The van der Waals surface area contributed by atoms with Crippen LogP contribution in [0, 0.1) is 5.82 Å². The Labute approximate surface area is 127 Å². The van der Waals surface area contributed by atoms with E-state index in [1.54, 1.807) is 18.4 Å². The van der Waals surface area contributed by atoms with E-state index in [0.29, 0.717) is 16.5 Å². The van der Waals surface area contributed by atoms with Crippen LogP contribution >= 0.6 is 11.6 Å². The van der Waals surface area contributed by atoms with Crippen molar-refractivity contribution in [1.29, 1.82) is 0 Å². The Morgan fingerprint density at radius 1 is 1.00 bits per heavy atom. The first-order valence-electron chi connectivity index (χ1n) is 6.54. The lowest BCUT2D eigenvalue weighted by Gasteiger charge is -2.19. The van der Waals surface area contributed by atoms with Crippen LogP contribution in [0.1, 0.15) is 17.4 Å². The van der Waals surface area contributed by atoms with Crippen LogP contribution in [0.15, 0.2) is 71.3 Å². The van der Waals surface area contributed by atoms with Crippen LogP contribution in [0.5, 0.6) is 0 Å². The molecule has 0 aliphatic heterocycles. The van der Waals surface area contributed by atoms with Crippen molar-refractivity contribution in [2.24, 2.45) is 0 Å². The standard InChI is InChI=1S/C17H13ClFNO/c18-13-8-9-14(19)15(11-13)20-17(16-7-4-10-21-16)12-5-2-1-3-6-12/h1-11,17,20H. The number of nitrogens with one attached hydrogen (secondary N) is 1. The second-order valence-electron chi connectivity index (χ2n) is 4.63. The summed E-state index contributed by atoms with van der Waals surface area (Å²) in [7, 11) is 0. The van der Waals surface area contributed by atoms with Gasteiger partial charge in [0.2, 0.25) is 0 Å². The minimum atomic E-state index is -0.355. The lowest BCUT2D eigenvalue weighted by Crippen LogP contribution is -2.12. The Morgan fingerprint density at radius 2 is 1.81 bits per heavy atom. The topological polar surface area (TPSA) is 25.2 Å². The summed E-state index contributed by atoms with van der Waals surface area (Å²) in [5, 5.41) is 3.63. The molecule has 2 nitrogen and oxygen atoms in total. The van der Waals surface area contributed by atoms with E-state index in [4.69, 9.17) is 16.0 Å². The summed E-state index contributed by atoms with van der Waals surface area (Å²) in [6, 6.07) is 17.5. The van der Waals surface area contributed by atoms with Crippen LogP contribution < -0.4 is 5.32 Å². The third-order valence-corrected chi connectivity index (χ3v) is 3.42. The fourth-order valence-electron chi connectivity index (χ4n) is 2.18. The summed E-state index contributed by atoms with van der Waals surface area (Å²) in [5.41, 5.74) is 1.32. The molecule has 0 aliphatic carbocycles. The largest absolute Gasteiger partial charge is 0.467 e. The van der Waals surface area contributed by atoms with Gasteiger partial charge in [-0.3, -0.25) is 0 Å². The second kappa shape index (κ2) is 6.02. The van der Waals surface area contributed by atoms with Crippen molar-refractivity contribution in [2.45, 2.75) is 6.04 Å². The molecule has 0 amide bonds. The van der Waals surface area contributed by atoms with Crippen LogP contribution in [-0.4, -0.2) is 0 Å². The van der Waals surface area contributed by atoms with Crippen LogP contribution in [0.3, 0.4) is 0 Å². The van der Waals surface area contributed by atoms with Crippen LogP contribution in [0.2, 0.25) is 5.02 Å². The Morgan fingerprint density at radius 3 is 2.52 bits per heavy atom. The molecule has 1 aromatic heterocycles. The average molecular weight is 302 g/mol. The highest BCUT2D eigenvalue weighted by Gasteiger charge is 2.18. The van der Waals surface area contributed by atoms with E-state index in [-0.39, 0.29) is 11.9 Å². The normalized spacial score (nSPS) is 12.1. The number of hydrogen-bond acceptors (Lipinski definition) is 2. The minimum Gasteiger partial charge on any atom is -0.467 e. The molecule has 4 heteroatoms. The predicted molar refractivity (Wildman–Crippen MR) is 82.0 cm³/mol. The maximum atomic E-state index is 13.9. The van der Waals surface area contributed by atoms with Crippen LogP contribution in [0.25, 0.3) is 0 Å². The molecule has 1 heterocycles. The number of anilines is 1. The Balaban J connectivity index is 1.99. The number of benzene rings is 2. The fraction of sp³-hybridized carbons (Fsp3) is 0.0588. The first-order chi connectivity index (χ1) is 10.2. The first-order valence-corrected chi connectivity index (χ1v) is 6.92. The van der Waals surface area contributed by atoms with E-state index >= 15 is 0 Å². The molecular weight excluding hydrogens is 289 g/mol. The van der Waals surface area contributed by atoms with Gasteiger partial charge in [0, 0.05) is 5.02 Å². The summed E-state index contributed by atoms with van der Waals surface area (Å²) in [4.78, 5) is 0. The summed E-state index contributed by atoms with van der Waals surface area (Å²) >= 11 is 5.94. The molecule has 0 radical (unpaired) electrons. The highest BCUT2D eigenvalue weighted by atomic mass is 35.5. The van der Waals surface area contributed by atoms with E-state index in [2.05, 4.69) is 5.32 Å². The third-order valence-electron chi connectivity index (χ3n) is 3.19. The van der Waals surface area contributed by atoms with Crippen molar-refractivity contribution in [3.63, 3.8) is 0 Å². The van der Waals surface area contributed by atoms with Crippen LogP contribution in [-0.2, 0) is 0 Å². The molecule has 0 fully saturated rings. The predicted octanol–water partition coefficient (Wildman–Crippen LogP) is 5.27. The van der Waals surface area contributed by atoms with Gasteiger partial charge < -0.3 is 9.73 Å². The van der Waals surface area contributed by atoms with E-state index in [1.165, 1.54) is 12.1 Å². The molecule has 1 atom stereocenters. The lowest BCUT2D eigenvalue weighted by atomic mass is 10.0. The highest BCUT2D eigenvalue weighted by Crippen LogP contribution is 2.29. The molecular formula is C17H13ClFNO. The smallest absolute Gasteiger partial charge is 0.146 e. The van der Waals surface area contributed by atoms with Gasteiger partial charge >= 0.3 is 0 Å². The summed E-state index contributed by atoms with van der Waals surface area (Å²) < 4.78 is 19.4. The van der Waals surface area contributed by atoms with Crippen molar-refractivity contribution < 1.29 is 8.81 Å². The quantitative estimate of drug-likeness (QED) is 0.710. The van der Waals surface area contributed by atoms with Crippen molar-refractivity contribution in [2.75, 3.05) is 5.32 Å². The molecule has 0 bridgehead atoms. The van der Waals surface area contributed by atoms with Crippen molar-refractivity contribution in [1.82, 2.24) is 0 Å². The monoisotopic (exact) mass is 301 g/mol. The zero-order valence-corrected chi connectivity index (χ0v) is 11.8. The zero-order valence-electron chi connectivity index (χ0n) is 11.1. The molecule has 1 unspecified atom stereocenters. The van der Waals surface area contributed by atoms with Gasteiger partial charge in [-0.05, 0) is 35.9 Å². The lowest BCUT2D eigenvalue weighted by molar-refractivity contribution is 0.498. The summed E-state index contributed by atoms with van der Waals surface area (Å²) in [6.07, 6.45) is 1.60. The molecule has 0 spiro atoms. The van der Waals surface area contributed by atoms with Crippen LogP contribution in [0.4, 0.5) is 10.1 Å². The van der Waals surface area contributed by atoms with E-state index in [0.717, 1.165) is 5.56 Å². The van der Waals surface area contributed by atoms with Crippen molar-refractivity contribution >= 4 is 17.3 Å². The summed E-state index contributed by atoms with van der Waals surface area (Å²) in [5.74, 6) is 0.354. The number of furan rings is 1. The van der Waals surface area contributed by atoms with E-state index in [1.807, 2.05) is 36.4 Å². The van der Waals surface area contributed by atoms with Crippen molar-refractivity contribution in [3.05, 3.63) is 89.1 Å². The maximum Gasteiger partial charge on any atom is 0.146 e.